The van der Waals surface area contributed by atoms with Crippen molar-refractivity contribution in [2.24, 2.45) is 0 Å². The summed E-state index contributed by atoms with van der Waals surface area (Å²) in [5.41, 5.74) is -4.16. The Morgan fingerprint density at radius 2 is 1.86 bits per heavy atom. The lowest BCUT2D eigenvalue weighted by Crippen LogP contribution is -2.17. The molecule has 2 aromatic carbocycles. The third-order valence-corrected chi connectivity index (χ3v) is 5.15. The lowest BCUT2D eigenvalue weighted by atomic mass is 10.0. The van der Waals surface area contributed by atoms with Crippen LogP contribution in [0.15, 0.2) is 53.2 Å². The molecule has 13 heteroatoms. The number of alkyl halides is 3. The van der Waals surface area contributed by atoms with Crippen LogP contribution in [-0.4, -0.2) is 31.9 Å². The molecule has 0 saturated heterocycles. The summed E-state index contributed by atoms with van der Waals surface area (Å²) in [6.45, 7) is 1.18. The molecule has 0 aliphatic heterocycles. The number of benzene rings is 2. The average Bonchev–Trinajstić information content (AvgIpc) is 3.38. The van der Waals surface area contributed by atoms with Gasteiger partial charge in [0.1, 0.15) is 17.1 Å². The van der Waals surface area contributed by atoms with Crippen molar-refractivity contribution in [2.45, 2.75) is 13.1 Å². The first-order chi connectivity index (χ1) is 16.5. The lowest BCUT2D eigenvalue weighted by Gasteiger charge is -2.15. The highest BCUT2D eigenvalue weighted by Gasteiger charge is 2.42. The van der Waals surface area contributed by atoms with E-state index in [4.69, 9.17) is 16.1 Å². The fraction of sp³-hybridized carbons (Fsp3) is 0.0909. The third-order valence-electron chi connectivity index (χ3n) is 4.83. The number of nitrogens with one attached hydrogen (secondary N) is 1. The summed E-state index contributed by atoms with van der Waals surface area (Å²) < 4.78 is 62.7. The van der Waals surface area contributed by atoms with Gasteiger partial charge in [-0.1, -0.05) is 35.0 Å². The first-order valence-electron chi connectivity index (χ1n) is 9.70. The summed E-state index contributed by atoms with van der Waals surface area (Å²) >= 11 is 6.00. The Hall–Kier alpha value is -4.19. The second kappa shape index (κ2) is 8.87. The molecular weight excluding hydrogens is 496 g/mol. The minimum atomic E-state index is -5.06. The Morgan fingerprint density at radius 3 is 2.49 bits per heavy atom. The van der Waals surface area contributed by atoms with Crippen LogP contribution in [0.2, 0.25) is 5.02 Å². The van der Waals surface area contributed by atoms with E-state index < -0.39 is 57.7 Å². The molecule has 2 aromatic heterocycles. The van der Waals surface area contributed by atoms with Crippen molar-refractivity contribution < 1.29 is 36.8 Å². The van der Waals surface area contributed by atoms with Crippen molar-refractivity contribution in [1.29, 1.82) is 0 Å². The number of carbonyl (C=O) groups excluding carboxylic acids is 1. The van der Waals surface area contributed by atoms with Gasteiger partial charge in [0.15, 0.2) is 11.5 Å². The molecule has 1 amide bonds. The van der Waals surface area contributed by atoms with Gasteiger partial charge in [0.2, 0.25) is 5.91 Å². The van der Waals surface area contributed by atoms with Crippen LogP contribution < -0.4 is 5.32 Å². The number of rotatable bonds is 5. The Balaban J connectivity index is 1.99. The van der Waals surface area contributed by atoms with Gasteiger partial charge < -0.3 is 14.9 Å². The van der Waals surface area contributed by atoms with Gasteiger partial charge in [0.05, 0.1) is 33.7 Å². The number of halogens is 5. The zero-order valence-corrected chi connectivity index (χ0v) is 18.3. The molecule has 180 valence electrons. The second-order valence-corrected chi connectivity index (χ2v) is 7.56. The number of carboxylic acids is 1. The molecule has 0 fully saturated rings. The van der Waals surface area contributed by atoms with E-state index in [9.17, 15) is 32.3 Å². The molecular formula is C22H13ClF4N4O4. The van der Waals surface area contributed by atoms with Gasteiger partial charge in [-0.05, 0) is 24.3 Å². The number of carbonyl (C=O) groups is 2. The zero-order chi connectivity index (χ0) is 25.5. The molecule has 0 atom stereocenters. The van der Waals surface area contributed by atoms with Crippen molar-refractivity contribution in [3.05, 3.63) is 70.8 Å². The second-order valence-electron chi connectivity index (χ2n) is 7.15. The van der Waals surface area contributed by atoms with Crippen LogP contribution in [-0.2, 0) is 11.0 Å². The fourth-order valence-electron chi connectivity index (χ4n) is 3.49. The molecule has 35 heavy (non-hydrogen) atoms. The zero-order valence-electron chi connectivity index (χ0n) is 17.5. The van der Waals surface area contributed by atoms with Crippen LogP contribution in [0.4, 0.5) is 23.2 Å². The van der Waals surface area contributed by atoms with Crippen LogP contribution in [0.25, 0.3) is 28.3 Å². The van der Waals surface area contributed by atoms with E-state index in [1.807, 2.05) is 0 Å². The summed E-state index contributed by atoms with van der Waals surface area (Å²) in [5.74, 6) is -4.01. The van der Waals surface area contributed by atoms with E-state index in [2.05, 4.69) is 15.6 Å². The van der Waals surface area contributed by atoms with Gasteiger partial charge in [-0.15, -0.1) is 0 Å². The van der Waals surface area contributed by atoms with Crippen molar-refractivity contribution in [1.82, 2.24) is 14.9 Å². The maximum atomic E-state index is 14.4. The number of aromatic nitrogens is 3. The van der Waals surface area contributed by atoms with E-state index in [0.717, 1.165) is 12.3 Å². The first kappa shape index (κ1) is 24.0. The van der Waals surface area contributed by atoms with E-state index in [-0.39, 0.29) is 16.4 Å². The number of amides is 1. The number of anilines is 1. The topological polar surface area (TPSA) is 110 Å². The van der Waals surface area contributed by atoms with E-state index >= 15 is 0 Å². The van der Waals surface area contributed by atoms with E-state index in [1.165, 1.54) is 43.3 Å². The van der Waals surface area contributed by atoms with Crippen LogP contribution >= 0.6 is 11.6 Å². The van der Waals surface area contributed by atoms with Gasteiger partial charge in [-0.2, -0.15) is 18.3 Å². The van der Waals surface area contributed by atoms with Crippen molar-refractivity contribution >= 4 is 29.2 Å². The summed E-state index contributed by atoms with van der Waals surface area (Å²) in [4.78, 5) is 23.6. The molecule has 0 radical (unpaired) electrons. The van der Waals surface area contributed by atoms with E-state index in [1.54, 1.807) is 0 Å². The highest BCUT2D eigenvalue weighted by Crippen LogP contribution is 2.43. The fourth-order valence-corrected chi connectivity index (χ4v) is 3.74. The Labute approximate surface area is 198 Å². The number of aromatic carboxylic acids is 1. The van der Waals surface area contributed by atoms with Crippen LogP contribution in [0.5, 0.6) is 0 Å². The predicted octanol–water partition coefficient (Wildman–Crippen LogP) is 5.66. The number of hydrogen-bond acceptors (Lipinski definition) is 5. The Bertz CT molecular complexity index is 1440. The van der Waals surface area contributed by atoms with E-state index in [0.29, 0.717) is 4.68 Å². The van der Waals surface area contributed by atoms with Crippen LogP contribution in [0, 0.1) is 5.82 Å². The molecule has 0 unspecified atom stereocenters. The standard InChI is InChI=1S/C22H13ClF4N4O4/c1-10(32)29-14-7-2-3-8-15(14)31-20(22(25,26)27)11(9-28-31)19-17(21(33)34)18(30-35-19)16-12(23)5-4-6-13(16)24/h2-9H,1H3,(H,29,32)(H,33,34). The highest BCUT2D eigenvalue weighted by atomic mass is 35.5. The number of hydrogen-bond donors (Lipinski definition) is 2. The Morgan fingerprint density at radius 1 is 1.14 bits per heavy atom. The van der Waals surface area contributed by atoms with Crippen molar-refractivity contribution in [3.63, 3.8) is 0 Å². The minimum Gasteiger partial charge on any atom is -0.477 e. The van der Waals surface area contributed by atoms with Crippen molar-refractivity contribution in [2.75, 3.05) is 5.32 Å². The van der Waals surface area contributed by atoms with Gasteiger partial charge >= 0.3 is 12.1 Å². The normalized spacial score (nSPS) is 11.5. The number of nitrogens with zero attached hydrogens (tertiary/aromatic N) is 3. The number of carboxylic acid groups (broad SMARTS) is 1. The summed E-state index contributed by atoms with van der Waals surface area (Å²) in [6, 6.07) is 9.08. The maximum Gasteiger partial charge on any atom is 0.434 e. The molecule has 4 rings (SSSR count). The quantitative estimate of drug-likeness (QED) is 0.336. The summed E-state index contributed by atoms with van der Waals surface area (Å²) in [6.07, 6.45) is -4.32. The minimum absolute atomic E-state index is 0.0232. The molecule has 4 aromatic rings. The smallest absolute Gasteiger partial charge is 0.434 e. The van der Waals surface area contributed by atoms with Gasteiger partial charge in [0.25, 0.3) is 0 Å². The first-order valence-corrected chi connectivity index (χ1v) is 10.1. The largest absolute Gasteiger partial charge is 0.477 e. The lowest BCUT2D eigenvalue weighted by molar-refractivity contribution is -0.142. The molecule has 2 heterocycles. The van der Waals surface area contributed by atoms with Crippen molar-refractivity contribution in [3.8, 4) is 28.3 Å². The maximum absolute atomic E-state index is 14.4. The van der Waals surface area contributed by atoms with Gasteiger partial charge in [-0.3, -0.25) is 4.79 Å². The monoisotopic (exact) mass is 508 g/mol. The highest BCUT2D eigenvalue weighted by molar-refractivity contribution is 6.33. The molecule has 0 aliphatic carbocycles. The molecule has 2 N–H and O–H groups in total. The molecule has 8 nitrogen and oxygen atoms in total. The molecule has 0 bridgehead atoms. The SMILES string of the molecule is CC(=O)Nc1ccccc1-n1ncc(-c2onc(-c3c(F)cccc3Cl)c2C(=O)O)c1C(F)(F)F. The molecule has 0 saturated carbocycles. The average molecular weight is 509 g/mol. The predicted molar refractivity (Wildman–Crippen MR) is 116 cm³/mol. The molecule has 0 spiro atoms. The van der Waals surface area contributed by atoms with Crippen LogP contribution in [0.1, 0.15) is 23.0 Å². The molecule has 0 aliphatic rings. The third kappa shape index (κ3) is 4.35. The van der Waals surface area contributed by atoms with Gasteiger partial charge in [0, 0.05) is 6.92 Å². The van der Waals surface area contributed by atoms with Crippen LogP contribution in [0.3, 0.4) is 0 Å². The van der Waals surface area contributed by atoms with Gasteiger partial charge in [-0.25, -0.2) is 13.9 Å². The number of para-hydroxylation sites is 2. The summed E-state index contributed by atoms with van der Waals surface area (Å²) in [7, 11) is 0. The summed E-state index contributed by atoms with van der Waals surface area (Å²) in [5, 5.41) is 19.3. The Kier molecular flexibility index (Phi) is 6.07.